The van der Waals surface area contributed by atoms with Gasteiger partial charge in [-0.05, 0) is 33.4 Å². The molecule has 1 aromatic carbocycles. The Morgan fingerprint density at radius 2 is 2.11 bits per heavy atom. The molecule has 1 aromatic heterocycles. The average Bonchev–Trinajstić information content (AvgIpc) is 2.85. The Morgan fingerprint density at radius 1 is 1.33 bits per heavy atom. The molecule has 2 N–H and O–H groups in total. The molecule has 0 radical (unpaired) electrons. The van der Waals surface area contributed by atoms with Crippen molar-refractivity contribution in [1.82, 2.24) is 0 Å². The van der Waals surface area contributed by atoms with Crippen LogP contribution in [0.2, 0.25) is 0 Å². The molecule has 2 rings (SSSR count). The van der Waals surface area contributed by atoms with Crippen LogP contribution in [0.15, 0.2) is 34.1 Å². The molecule has 1 atom stereocenters. The Bertz CT molecular complexity index is 533. The number of benzene rings is 1. The molecule has 0 bridgehead atoms. The third-order valence-electron chi connectivity index (χ3n) is 2.37. The van der Waals surface area contributed by atoms with Crippen molar-refractivity contribution in [3.8, 4) is 0 Å². The first-order valence-electron chi connectivity index (χ1n) is 5.18. The van der Waals surface area contributed by atoms with E-state index in [-0.39, 0.29) is 16.7 Å². The fraction of sp³-hybridized carbons (Fsp3) is 0.167. The molecule has 1 heterocycles. The molecule has 0 aliphatic carbocycles. The molecule has 0 aliphatic rings. The smallest absolute Gasteiger partial charge is 0.147 e. The van der Waals surface area contributed by atoms with Crippen LogP contribution in [0.4, 0.5) is 14.5 Å². The van der Waals surface area contributed by atoms with Crippen LogP contribution in [-0.4, -0.2) is 11.7 Å². The zero-order valence-electron chi connectivity index (χ0n) is 9.16. The Labute approximate surface area is 115 Å². The van der Waals surface area contributed by atoms with Gasteiger partial charge >= 0.3 is 0 Å². The molecule has 0 aliphatic heterocycles. The molecular formula is C12H10BrF2NOS. The maximum atomic E-state index is 13.5. The lowest BCUT2D eigenvalue weighted by atomic mass is 10.2. The SMILES string of the molecule is OC(CNc1cc(F)c(Br)cc1F)c1cccs1. The normalized spacial score (nSPS) is 12.4. The summed E-state index contributed by atoms with van der Waals surface area (Å²) in [5.74, 6) is -1.12. The van der Waals surface area contributed by atoms with Gasteiger partial charge in [0, 0.05) is 17.5 Å². The van der Waals surface area contributed by atoms with Crippen LogP contribution in [0.1, 0.15) is 11.0 Å². The van der Waals surface area contributed by atoms with Crippen molar-refractivity contribution in [2.75, 3.05) is 11.9 Å². The quantitative estimate of drug-likeness (QED) is 0.831. The third kappa shape index (κ3) is 3.07. The first-order chi connectivity index (χ1) is 8.58. The van der Waals surface area contributed by atoms with Crippen LogP contribution in [-0.2, 0) is 0 Å². The number of anilines is 1. The largest absolute Gasteiger partial charge is 0.386 e. The lowest BCUT2D eigenvalue weighted by Crippen LogP contribution is -2.12. The van der Waals surface area contributed by atoms with Gasteiger partial charge in [-0.15, -0.1) is 11.3 Å². The number of halogens is 3. The van der Waals surface area contributed by atoms with Gasteiger partial charge in [-0.1, -0.05) is 6.07 Å². The number of thiophene rings is 1. The van der Waals surface area contributed by atoms with E-state index in [2.05, 4.69) is 21.2 Å². The van der Waals surface area contributed by atoms with Crippen molar-refractivity contribution in [2.45, 2.75) is 6.10 Å². The molecule has 6 heteroatoms. The van der Waals surface area contributed by atoms with Crippen molar-refractivity contribution < 1.29 is 13.9 Å². The van der Waals surface area contributed by atoms with Gasteiger partial charge in [0.25, 0.3) is 0 Å². The molecule has 0 spiro atoms. The van der Waals surface area contributed by atoms with Crippen LogP contribution in [0.5, 0.6) is 0 Å². The van der Waals surface area contributed by atoms with Crippen LogP contribution in [0.3, 0.4) is 0 Å². The van der Waals surface area contributed by atoms with Gasteiger partial charge in [0.05, 0.1) is 10.2 Å². The van der Waals surface area contributed by atoms with Gasteiger partial charge in [-0.3, -0.25) is 0 Å². The number of nitrogens with one attached hydrogen (secondary N) is 1. The summed E-state index contributed by atoms with van der Waals surface area (Å²) in [6.07, 6.45) is -0.740. The van der Waals surface area contributed by atoms with E-state index in [9.17, 15) is 13.9 Å². The summed E-state index contributed by atoms with van der Waals surface area (Å²) in [7, 11) is 0. The molecule has 96 valence electrons. The molecule has 0 saturated heterocycles. The molecule has 18 heavy (non-hydrogen) atoms. The highest BCUT2D eigenvalue weighted by Crippen LogP contribution is 2.25. The number of hydrogen-bond donors (Lipinski definition) is 2. The summed E-state index contributed by atoms with van der Waals surface area (Å²) in [5, 5.41) is 14.3. The third-order valence-corrected chi connectivity index (χ3v) is 3.95. The maximum absolute atomic E-state index is 13.5. The van der Waals surface area contributed by atoms with Crippen LogP contribution in [0, 0.1) is 11.6 Å². The Balaban J connectivity index is 2.04. The predicted octanol–water partition coefficient (Wildman–Crippen LogP) is 3.93. The molecular weight excluding hydrogens is 324 g/mol. The van der Waals surface area contributed by atoms with Gasteiger partial charge in [-0.2, -0.15) is 0 Å². The Morgan fingerprint density at radius 3 is 2.78 bits per heavy atom. The molecule has 0 fully saturated rings. The lowest BCUT2D eigenvalue weighted by Gasteiger charge is -2.12. The van der Waals surface area contributed by atoms with Crippen LogP contribution < -0.4 is 5.32 Å². The minimum Gasteiger partial charge on any atom is -0.386 e. The van der Waals surface area contributed by atoms with Crippen molar-refractivity contribution in [1.29, 1.82) is 0 Å². The van der Waals surface area contributed by atoms with E-state index < -0.39 is 17.7 Å². The van der Waals surface area contributed by atoms with E-state index in [4.69, 9.17) is 0 Å². The summed E-state index contributed by atoms with van der Waals surface area (Å²) in [6.45, 7) is 0.124. The van der Waals surface area contributed by atoms with Crippen molar-refractivity contribution >= 4 is 33.0 Å². The Kier molecular flexibility index (Phi) is 4.31. The van der Waals surface area contributed by atoms with Gasteiger partial charge in [0.15, 0.2) is 0 Å². The van der Waals surface area contributed by atoms with E-state index in [0.29, 0.717) is 0 Å². The summed E-state index contributed by atoms with van der Waals surface area (Å²) in [4.78, 5) is 0.778. The highest BCUT2D eigenvalue weighted by Gasteiger charge is 2.11. The van der Waals surface area contributed by atoms with Crippen molar-refractivity contribution in [3.63, 3.8) is 0 Å². The van der Waals surface area contributed by atoms with Gasteiger partial charge < -0.3 is 10.4 Å². The van der Waals surface area contributed by atoms with E-state index in [1.165, 1.54) is 11.3 Å². The first-order valence-corrected chi connectivity index (χ1v) is 6.85. The molecule has 2 nitrogen and oxygen atoms in total. The number of hydrogen-bond acceptors (Lipinski definition) is 3. The van der Waals surface area contributed by atoms with Crippen molar-refractivity contribution in [2.24, 2.45) is 0 Å². The van der Waals surface area contributed by atoms with Gasteiger partial charge in [0.1, 0.15) is 17.7 Å². The summed E-state index contributed by atoms with van der Waals surface area (Å²) in [5.41, 5.74) is 0.0336. The highest BCUT2D eigenvalue weighted by atomic mass is 79.9. The first kappa shape index (κ1) is 13.5. The topological polar surface area (TPSA) is 32.3 Å². The maximum Gasteiger partial charge on any atom is 0.147 e. The average molecular weight is 334 g/mol. The number of aliphatic hydroxyl groups is 1. The van der Waals surface area contributed by atoms with E-state index in [0.717, 1.165) is 17.0 Å². The molecule has 0 saturated carbocycles. The van der Waals surface area contributed by atoms with E-state index in [1.54, 1.807) is 6.07 Å². The molecule has 2 aromatic rings. The Hall–Kier alpha value is -0.980. The fourth-order valence-electron chi connectivity index (χ4n) is 1.45. The zero-order chi connectivity index (χ0) is 13.1. The zero-order valence-corrected chi connectivity index (χ0v) is 11.6. The second-order valence-electron chi connectivity index (χ2n) is 3.66. The van der Waals surface area contributed by atoms with Crippen LogP contribution in [0.25, 0.3) is 0 Å². The van der Waals surface area contributed by atoms with Gasteiger partial charge in [-0.25, -0.2) is 8.78 Å². The monoisotopic (exact) mass is 333 g/mol. The summed E-state index contributed by atoms with van der Waals surface area (Å²) >= 11 is 4.31. The minimum atomic E-state index is -0.740. The minimum absolute atomic E-state index is 0.0336. The fourth-order valence-corrected chi connectivity index (χ4v) is 2.47. The molecule has 1 unspecified atom stereocenters. The summed E-state index contributed by atoms with van der Waals surface area (Å²) in [6, 6.07) is 5.72. The predicted molar refractivity (Wildman–Crippen MR) is 71.8 cm³/mol. The second kappa shape index (κ2) is 5.77. The number of aliphatic hydroxyl groups excluding tert-OH is 1. The van der Waals surface area contributed by atoms with E-state index >= 15 is 0 Å². The van der Waals surface area contributed by atoms with E-state index in [1.807, 2.05) is 11.4 Å². The lowest BCUT2D eigenvalue weighted by molar-refractivity contribution is 0.195. The molecule has 0 amide bonds. The standard InChI is InChI=1S/C12H10BrF2NOS/c13-7-4-9(15)10(5-8(7)14)16-6-11(17)12-2-1-3-18-12/h1-5,11,16-17H,6H2. The number of rotatable bonds is 4. The van der Waals surface area contributed by atoms with Crippen LogP contribution >= 0.6 is 27.3 Å². The van der Waals surface area contributed by atoms with Crippen molar-refractivity contribution in [3.05, 3.63) is 50.6 Å². The summed E-state index contributed by atoms with van der Waals surface area (Å²) < 4.78 is 26.8. The highest BCUT2D eigenvalue weighted by molar-refractivity contribution is 9.10. The second-order valence-corrected chi connectivity index (χ2v) is 5.49. The van der Waals surface area contributed by atoms with Gasteiger partial charge in [0.2, 0.25) is 0 Å².